The molecule has 1 saturated heterocycles. The lowest BCUT2D eigenvalue weighted by atomic mass is 9.35. The van der Waals surface area contributed by atoms with Crippen molar-refractivity contribution in [1.82, 2.24) is 10.2 Å². The maximum Gasteiger partial charge on any atom is 0.306 e. The molecule has 1 aromatic carbocycles. The number of Topliss-reactive ketones (excluding diaryl/α,β-unsaturated/α-hetero) is 2. The predicted molar refractivity (Wildman–Crippen MR) is 230 cm³/mol. The van der Waals surface area contributed by atoms with Crippen molar-refractivity contribution in [2.45, 2.75) is 151 Å². The number of rotatable bonds is 11. The number of nitrogens with zero attached hydrogens (tertiary/aromatic N) is 1. The Labute approximate surface area is 354 Å². The van der Waals surface area contributed by atoms with Gasteiger partial charge in [-0.1, -0.05) is 66.2 Å². The van der Waals surface area contributed by atoms with E-state index in [-0.39, 0.29) is 57.3 Å². The monoisotopic (exact) mass is 811 g/mol. The van der Waals surface area contributed by atoms with Gasteiger partial charge in [-0.2, -0.15) is 0 Å². The number of allylic oxidation sites excluding steroid dienone is 2. The number of benzene rings is 1. The number of aliphatic carboxylic acids is 1. The van der Waals surface area contributed by atoms with Crippen LogP contribution >= 0.6 is 0 Å². The Kier molecular flexibility index (Phi) is 11.5. The molecule has 3 N–H and O–H groups in total. The van der Waals surface area contributed by atoms with Gasteiger partial charge in [0.05, 0.1) is 12.0 Å². The SMILES string of the molecule is CC(C)C1=C2C3CCC4C(C)(CCC5C(C)(C)C(CC(=O)C6CC(C(=O)O)C6C)CCC54C)C3CCC2(CCNC(=O)c2ccc(CN3CCC(O)CC3)cc2)CC1=O. The molecular weight excluding hydrogens is 737 g/mol. The fourth-order valence-electron chi connectivity index (χ4n) is 15.7. The number of ketones is 2. The van der Waals surface area contributed by atoms with Gasteiger partial charge in [-0.05, 0) is 158 Å². The lowest BCUT2D eigenvalue weighted by Crippen LogP contribution is -2.62. The van der Waals surface area contributed by atoms with Gasteiger partial charge >= 0.3 is 5.97 Å². The van der Waals surface area contributed by atoms with Crippen molar-refractivity contribution in [3.05, 3.63) is 46.5 Å². The fourth-order valence-corrected chi connectivity index (χ4v) is 15.7. The van der Waals surface area contributed by atoms with Gasteiger partial charge in [0.1, 0.15) is 5.78 Å². The van der Waals surface area contributed by atoms with Crippen LogP contribution in [-0.2, 0) is 20.9 Å². The van der Waals surface area contributed by atoms with Crippen LogP contribution in [0.5, 0.6) is 0 Å². The number of hydrogen-bond acceptors (Lipinski definition) is 6. The molecule has 1 heterocycles. The van der Waals surface area contributed by atoms with Gasteiger partial charge in [-0.15, -0.1) is 0 Å². The van der Waals surface area contributed by atoms with Crippen molar-refractivity contribution in [3.8, 4) is 0 Å². The highest BCUT2D eigenvalue weighted by atomic mass is 16.4. The summed E-state index contributed by atoms with van der Waals surface area (Å²) in [7, 11) is 0. The number of fused-ring (bicyclic) bond motifs is 7. The van der Waals surface area contributed by atoms with Gasteiger partial charge in [0.25, 0.3) is 5.91 Å². The largest absolute Gasteiger partial charge is 0.481 e. The van der Waals surface area contributed by atoms with E-state index in [1.165, 1.54) is 30.4 Å². The van der Waals surface area contributed by atoms with Crippen LogP contribution in [0.25, 0.3) is 0 Å². The Hall–Kier alpha value is -2.84. The lowest BCUT2D eigenvalue weighted by Gasteiger charge is -2.69. The minimum absolute atomic E-state index is 0.0395. The van der Waals surface area contributed by atoms with Crippen LogP contribution in [0, 0.1) is 74.9 Å². The summed E-state index contributed by atoms with van der Waals surface area (Å²) < 4.78 is 0. The summed E-state index contributed by atoms with van der Waals surface area (Å²) in [5.74, 6) is 1.95. The third-order valence-corrected chi connectivity index (χ3v) is 19.0. The zero-order chi connectivity index (χ0) is 42.2. The molecule has 6 aliphatic carbocycles. The summed E-state index contributed by atoms with van der Waals surface area (Å²) in [6, 6.07) is 7.98. The minimum Gasteiger partial charge on any atom is -0.481 e. The number of aliphatic hydroxyl groups excluding tert-OH is 1. The second-order valence-corrected chi connectivity index (χ2v) is 22.4. The number of carboxylic acids is 1. The van der Waals surface area contributed by atoms with Crippen LogP contribution in [0.1, 0.15) is 154 Å². The number of likely N-dealkylation sites (tertiary alicyclic amines) is 1. The Bertz CT molecular complexity index is 1840. The van der Waals surface area contributed by atoms with Gasteiger partial charge in [0.2, 0.25) is 0 Å². The molecule has 0 radical (unpaired) electrons. The van der Waals surface area contributed by atoms with Crippen LogP contribution in [0.4, 0.5) is 0 Å². The van der Waals surface area contributed by atoms with Crippen molar-refractivity contribution in [3.63, 3.8) is 0 Å². The maximum absolute atomic E-state index is 14.1. The summed E-state index contributed by atoms with van der Waals surface area (Å²) in [6.45, 7) is 19.7. The van der Waals surface area contributed by atoms with Gasteiger partial charge in [0.15, 0.2) is 5.78 Å². The molecule has 1 aromatic rings. The number of aliphatic hydroxyl groups is 1. The average molecular weight is 811 g/mol. The topological polar surface area (TPSA) is 124 Å². The summed E-state index contributed by atoms with van der Waals surface area (Å²) in [6.07, 6.45) is 13.0. The van der Waals surface area contributed by atoms with Crippen LogP contribution in [-0.4, -0.2) is 64.3 Å². The van der Waals surface area contributed by atoms with E-state index >= 15 is 0 Å². The van der Waals surface area contributed by atoms with E-state index in [1.807, 2.05) is 19.1 Å². The van der Waals surface area contributed by atoms with E-state index in [0.717, 1.165) is 76.6 Å². The standard InChI is InChI=1S/C51H74N2O6/c1-30(2)44-41(56)28-51(22-23-52-46(57)33-10-8-32(9-11-33)29-53-24-17-35(54)18-25-53)21-15-39-36(45(44)51)12-13-43-49(39,6)20-16-42-48(4,5)34(14-19-50(42,43)7)26-40(55)37-27-38(31(37)3)47(58)59/h8-11,30-31,34-39,42-43,54H,12-29H2,1-7H3,(H,52,57)(H,58,59). The van der Waals surface area contributed by atoms with Crippen LogP contribution in [0.2, 0.25) is 0 Å². The molecule has 59 heavy (non-hydrogen) atoms. The molecule has 1 aliphatic heterocycles. The number of nitrogens with one attached hydrogen (secondary N) is 1. The second kappa shape index (κ2) is 15.8. The molecule has 324 valence electrons. The second-order valence-electron chi connectivity index (χ2n) is 22.4. The molecule has 0 aromatic heterocycles. The number of carbonyl (C=O) groups is 4. The maximum atomic E-state index is 14.1. The van der Waals surface area contributed by atoms with Crippen LogP contribution in [0.15, 0.2) is 35.4 Å². The molecule has 1 amide bonds. The molecule has 6 fully saturated rings. The molecule has 8 heteroatoms. The molecule has 11 unspecified atom stereocenters. The molecule has 11 atom stereocenters. The number of carbonyl (C=O) groups excluding carboxylic acids is 3. The molecule has 5 saturated carbocycles. The summed E-state index contributed by atoms with van der Waals surface area (Å²) in [5.41, 5.74) is 4.70. The molecule has 7 aliphatic rings. The van der Waals surface area contributed by atoms with Crippen LogP contribution in [0.3, 0.4) is 0 Å². The van der Waals surface area contributed by atoms with E-state index in [9.17, 15) is 29.4 Å². The Morgan fingerprint density at radius 3 is 2.22 bits per heavy atom. The molecule has 8 rings (SSSR count). The summed E-state index contributed by atoms with van der Waals surface area (Å²) in [5, 5.41) is 22.7. The highest BCUT2D eigenvalue weighted by Gasteiger charge is 2.66. The van der Waals surface area contributed by atoms with Crippen molar-refractivity contribution < 1.29 is 29.4 Å². The van der Waals surface area contributed by atoms with Gasteiger partial charge in [0, 0.05) is 55.9 Å². The predicted octanol–water partition coefficient (Wildman–Crippen LogP) is 9.29. The third-order valence-electron chi connectivity index (χ3n) is 19.0. The molecule has 0 bridgehead atoms. The quantitative estimate of drug-likeness (QED) is 0.204. The smallest absolute Gasteiger partial charge is 0.306 e. The lowest BCUT2D eigenvalue weighted by molar-refractivity contribution is -0.193. The Balaban J connectivity index is 0.942. The van der Waals surface area contributed by atoms with Crippen molar-refractivity contribution in [1.29, 1.82) is 0 Å². The first-order chi connectivity index (χ1) is 27.9. The van der Waals surface area contributed by atoms with E-state index in [4.69, 9.17) is 0 Å². The normalized spacial score (nSPS) is 39.4. The Morgan fingerprint density at radius 2 is 1.56 bits per heavy atom. The van der Waals surface area contributed by atoms with Gasteiger partial charge in [-0.3, -0.25) is 24.1 Å². The molecule has 0 spiro atoms. The molecular formula is C51H74N2O6. The van der Waals surface area contributed by atoms with E-state index in [0.29, 0.717) is 72.5 Å². The van der Waals surface area contributed by atoms with Crippen molar-refractivity contribution in [2.75, 3.05) is 19.6 Å². The minimum atomic E-state index is -0.760. The van der Waals surface area contributed by atoms with E-state index in [1.54, 1.807) is 0 Å². The van der Waals surface area contributed by atoms with Crippen molar-refractivity contribution >= 4 is 23.4 Å². The fraction of sp³-hybridized carbons (Fsp3) is 0.765. The first-order valence-corrected chi connectivity index (χ1v) is 23.7. The van der Waals surface area contributed by atoms with Gasteiger partial charge in [-0.25, -0.2) is 0 Å². The zero-order valence-electron chi connectivity index (χ0n) is 37.3. The van der Waals surface area contributed by atoms with Crippen molar-refractivity contribution in [2.24, 2.45) is 74.9 Å². The molecule has 8 nitrogen and oxygen atoms in total. The highest BCUT2D eigenvalue weighted by molar-refractivity contribution is 6.00. The first kappa shape index (κ1) is 42.8. The Morgan fingerprint density at radius 1 is 0.864 bits per heavy atom. The number of carboxylic acid groups (broad SMARTS) is 1. The highest BCUT2D eigenvalue weighted by Crippen LogP contribution is 2.74. The summed E-state index contributed by atoms with van der Waals surface area (Å²) >= 11 is 0. The third kappa shape index (κ3) is 7.30. The average Bonchev–Trinajstić information content (AvgIpc) is 3.48. The summed E-state index contributed by atoms with van der Waals surface area (Å²) in [4.78, 5) is 55.2. The van der Waals surface area contributed by atoms with E-state index in [2.05, 4.69) is 63.9 Å². The van der Waals surface area contributed by atoms with Crippen LogP contribution < -0.4 is 5.32 Å². The number of piperidine rings is 1. The van der Waals surface area contributed by atoms with E-state index < -0.39 is 5.97 Å². The number of hydrogen-bond donors (Lipinski definition) is 3. The van der Waals surface area contributed by atoms with Gasteiger partial charge < -0.3 is 15.5 Å². The zero-order valence-corrected chi connectivity index (χ0v) is 37.3. The number of amides is 1. The first-order valence-electron chi connectivity index (χ1n) is 23.7.